The zero-order valence-electron chi connectivity index (χ0n) is 10.8. The molecule has 96 valence electrons. The van der Waals surface area contributed by atoms with E-state index in [0.717, 1.165) is 29.6 Å². The van der Waals surface area contributed by atoms with Crippen LogP contribution in [0.25, 0.3) is 0 Å². The highest BCUT2D eigenvalue weighted by Gasteiger charge is 2.41. The topological polar surface area (TPSA) is 0 Å². The maximum atomic E-state index is 2.54. The summed E-state index contributed by atoms with van der Waals surface area (Å²) >= 11 is 0. The Kier molecular flexibility index (Phi) is 5.34. The van der Waals surface area contributed by atoms with Gasteiger partial charge >= 0.3 is 0 Å². The van der Waals surface area contributed by atoms with Crippen molar-refractivity contribution < 1.29 is 0 Å². The third kappa shape index (κ3) is 2.63. The molecule has 0 nitrogen and oxygen atoms in total. The van der Waals surface area contributed by atoms with Crippen molar-refractivity contribution >= 4 is 0 Å². The van der Waals surface area contributed by atoms with Gasteiger partial charge in [0.25, 0.3) is 0 Å². The van der Waals surface area contributed by atoms with Crippen LogP contribution in [0.5, 0.6) is 0 Å². The van der Waals surface area contributed by atoms with E-state index in [2.05, 4.69) is 20.8 Å². The van der Waals surface area contributed by atoms with Crippen LogP contribution in [0, 0.1) is 29.6 Å². The van der Waals surface area contributed by atoms with E-state index in [1.165, 1.54) is 38.5 Å². The third-order valence-corrected chi connectivity index (χ3v) is 5.47. The van der Waals surface area contributed by atoms with E-state index in [9.17, 15) is 0 Å². The Morgan fingerprint density at radius 1 is 1.00 bits per heavy atom. The van der Waals surface area contributed by atoms with Crippen molar-refractivity contribution in [2.24, 2.45) is 29.6 Å². The van der Waals surface area contributed by atoms with Gasteiger partial charge in [0.2, 0.25) is 0 Å². The minimum absolute atomic E-state index is 0. The first-order valence-electron chi connectivity index (χ1n) is 7.24. The molecule has 0 aromatic heterocycles. The van der Waals surface area contributed by atoms with Crippen molar-refractivity contribution in [2.75, 3.05) is 0 Å². The van der Waals surface area contributed by atoms with Crippen LogP contribution in [0.3, 0.4) is 0 Å². The molecule has 16 heavy (non-hydrogen) atoms. The second-order valence-corrected chi connectivity index (χ2v) is 6.21. The molecule has 2 aliphatic rings. The van der Waals surface area contributed by atoms with E-state index in [1.807, 2.05) is 0 Å². The van der Waals surface area contributed by atoms with Crippen LogP contribution in [0.1, 0.15) is 73.1 Å². The van der Waals surface area contributed by atoms with E-state index in [1.54, 1.807) is 6.42 Å². The van der Waals surface area contributed by atoms with Crippen LogP contribution in [0.15, 0.2) is 0 Å². The minimum atomic E-state index is 0. The summed E-state index contributed by atoms with van der Waals surface area (Å²) in [6.07, 6.45) is 10.5. The molecule has 0 heterocycles. The number of rotatable bonds is 1. The lowest BCUT2D eigenvalue weighted by molar-refractivity contribution is 0.229. The van der Waals surface area contributed by atoms with Gasteiger partial charge in [0.05, 0.1) is 0 Å². The zero-order valence-corrected chi connectivity index (χ0v) is 10.8. The van der Waals surface area contributed by atoms with E-state index in [0.29, 0.717) is 0 Å². The predicted molar refractivity (Wildman–Crippen MR) is 73.5 cm³/mol. The Morgan fingerprint density at radius 3 is 2.38 bits per heavy atom. The monoisotopic (exact) mass is 224 g/mol. The van der Waals surface area contributed by atoms with Gasteiger partial charge < -0.3 is 0 Å². The average Bonchev–Trinajstić information content (AvgIpc) is 2.57. The summed E-state index contributed by atoms with van der Waals surface area (Å²) in [5.74, 6) is 5.19. The van der Waals surface area contributed by atoms with Crippen molar-refractivity contribution in [1.82, 2.24) is 0 Å². The van der Waals surface area contributed by atoms with Crippen molar-refractivity contribution in [3.05, 3.63) is 0 Å². The van der Waals surface area contributed by atoms with E-state index in [-0.39, 0.29) is 7.43 Å². The van der Waals surface area contributed by atoms with Gasteiger partial charge in [-0.1, -0.05) is 66.7 Å². The molecule has 2 fully saturated rings. The molecule has 0 heteroatoms. The molecule has 0 amide bonds. The molecule has 5 unspecified atom stereocenters. The van der Waals surface area contributed by atoms with E-state index >= 15 is 0 Å². The molecular weight excluding hydrogens is 192 g/mol. The molecule has 0 aromatic rings. The van der Waals surface area contributed by atoms with Crippen LogP contribution in [-0.4, -0.2) is 0 Å². The van der Waals surface area contributed by atoms with Gasteiger partial charge in [-0.2, -0.15) is 0 Å². The lowest BCUT2D eigenvalue weighted by atomic mass is 9.79. The summed E-state index contributed by atoms with van der Waals surface area (Å²) in [7, 11) is 0. The van der Waals surface area contributed by atoms with Crippen LogP contribution in [0.2, 0.25) is 0 Å². The average molecular weight is 224 g/mol. The molecule has 0 radical (unpaired) electrons. The van der Waals surface area contributed by atoms with Gasteiger partial charge in [0.15, 0.2) is 0 Å². The minimum Gasteiger partial charge on any atom is -0.0776 e. The first-order chi connectivity index (χ1) is 7.24. The standard InChI is InChI=1S/C15H28.CH4/c1-4-14-12(3)15-10-13(14)9-7-5-6-8-11(15)2;/h11-15H,4-10H2,1-3H3;1H4. The Morgan fingerprint density at radius 2 is 1.69 bits per heavy atom. The molecule has 0 spiro atoms. The van der Waals surface area contributed by atoms with Crippen molar-refractivity contribution in [3.63, 3.8) is 0 Å². The number of hydrogen-bond donors (Lipinski definition) is 0. The summed E-state index contributed by atoms with van der Waals surface area (Å²) in [6.45, 7) is 7.46. The maximum absolute atomic E-state index is 2.54. The molecule has 2 rings (SSSR count). The lowest BCUT2D eigenvalue weighted by Crippen LogP contribution is -2.19. The molecule has 0 N–H and O–H groups in total. The molecule has 5 atom stereocenters. The largest absolute Gasteiger partial charge is 0.0776 e. The lowest BCUT2D eigenvalue weighted by Gasteiger charge is -2.27. The molecule has 2 aliphatic carbocycles. The SMILES string of the molecule is C.CCC1C2CCCCCC(C)C(C2)C1C. The van der Waals surface area contributed by atoms with Crippen molar-refractivity contribution in [1.29, 1.82) is 0 Å². The van der Waals surface area contributed by atoms with Crippen molar-refractivity contribution in [2.45, 2.75) is 73.1 Å². The Labute approximate surface area is 103 Å². The van der Waals surface area contributed by atoms with Gasteiger partial charge in [-0.15, -0.1) is 0 Å². The highest BCUT2D eigenvalue weighted by Crippen LogP contribution is 2.49. The van der Waals surface area contributed by atoms with E-state index in [4.69, 9.17) is 0 Å². The highest BCUT2D eigenvalue weighted by atomic mass is 14.5. The van der Waals surface area contributed by atoms with Gasteiger partial charge in [0.1, 0.15) is 0 Å². The molecular formula is C16H32. The second kappa shape index (κ2) is 6.07. The molecule has 2 saturated carbocycles. The number of hydrogen-bond acceptors (Lipinski definition) is 0. The Balaban J connectivity index is 0.00000128. The molecule has 2 bridgehead atoms. The summed E-state index contributed by atoms with van der Waals surface area (Å²) in [5, 5.41) is 0. The third-order valence-electron chi connectivity index (χ3n) is 5.47. The van der Waals surface area contributed by atoms with Crippen LogP contribution >= 0.6 is 0 Å². The molecule has 0 aromatic carbocycles. The summed E-state index contributed by atoms with van der Waals surface area (Å²) in [5.41, 5.74) is 0. The zero-order chi connectivity index (χ0) is 10.8. The van der Waals surface area contributed by atoms with Crippen LogP contribution in [0.4, 0.5) is 0 Å². The van der Waals surface area contributed by atoms with Crippen LogP contribution in [-0.2, 0) is 0 Å². The molecule has 0 saturated heterocycles. The van der Waals surface area contributed by atoms with Crippen molar-refractivity contribution in [3.8, 4) is 0 Å². The fourth-order valence-electron chi connectivity index (χ4n) is 4.54. The van der Waals surface area contributed by atoms with Gasteiger partial charge in [0, 0.05) is 0 Å². The van der Waals surface area contributed by atoms with E-state index < -0.39 is 0 Å². The van der Waals surface area contributed by atoms with Gasteiger partial charge in [-0.25, -0.2) is 0 Å². The van der Waals surface area contributed by atoms with Crippen LogP contribution < -0.4 is 0 Å². The Hall–Kier alpha value is 0. The first-order valence-corrected chi connectivity index (χ1v) is 7.24. The summed E-state index contributed by atoms with van der Waals surface area (Å²) in [4.78, 5) is 0. The fourth-order valence-corrected chi connectivity index (χ4v) is 4.54. The normalized spacial score (nSPS) is 44.1. The maximum Gasteiger partial charge on any atom is -0.0357 e. The van der Waals surface area contributed by atoms with Gasteiger partial charge in [-0.3, -0.25) is 0 Å². The second-order valence-electron chi connectivity index (χ2n) is 6.21. The first kappa shape index (κ1) is 14.1. The highest BCUT2D eigenvalue weighted by molar-refractivity contribution is 4.90. The molecule has 0 aliphatic heterocycles. The summed E-state index contributed by atoms with van der Waals surface area (Å²) in [6, 6.07) is 0. The number of fused-ring (bicyclic) bond motifs is 2. The Bertz CT molecular complexity index is 196. The quantitative estimate of drug-likeness (QED) is 0.550. The predicted octanol–water partition coefficient (Wildman–Crippen LogP) is 5.52. The summed E-state index contributed by atoms with van der Waals surface area (Å²) < 4.78 is 0. The fraction of sp³-hybridized carbons (Fsp3) is 1.00. The van der Waals surface area contributed by atoms with Gasteiger partial charge in [-0.05, 0) is 36.0 Å². The smallest absolute Gasteiger partial charge is 0.0357 e.